The first-order valence-electron chi connectivity index (χ1n) is 15.2. The zero-order valence-electron chi connectivity index (χ0n) is 25.9. The molecule has 0 bridgehead atoms. The Morgan fingerprint density at radius 2 is 1.76 bits per heavy atom. The molecule has 3 aromatic heterocycles. The summed E-state index contributed by atoms with van der Waals surface area (Å²) in [6.45, 7) is 4.70. The Hall–Kier alpha value is -4.29. The first kappa shape index (κ1) is 31.7. The molecule has 14 heteroatoms. The van der Waals surface area contributed by atoms with Crippen LogP contribution in [0.15, 0.2) is 48.0 Å². The van der Waals surface area contributed by atoms with E-state index in [0.717, 1.165) is 18.7 Å². The fourth-order valence-electron chi connectivity index (χ4n) is 6.35. The van der Waals surface area contributed by atoms with Crippen LogP contribution in [0.25, 0.3) is 22.2 Å². The van der Waals surface area contributed by atoms with E-state index in [2.05, 4.69) is 31.8 Å². The molecule has 1 amide bonds. The number of ether oxygens (including phenoxy) is 2. The third kappa shape index (κ3) is 5.99. The number of pyridine rings is 1. The number of carbonyl (C=O) groups excluding carboxylic acids is 1. The standard InChI is InChI=1S/C32H36Cl2N8O4/c1-5-26(43)36-21-16-41(25-11-12-42(39-25)19-9-7-6-8-10-19)17-22(21)37-32-35-15-18-13-20(31(44)40(2)30(18)38-32)27-28(33)23(45-3)14-24(46-4)29(27)34/h5,11-15,19,21-22H,1,6-10,16-17H2,2-4H3,(H,36,43)(H,35,37,38)/t21-,22+/m0/s1. The van der Waals surface area contributed by atoms with Crippen molar-refractivity contribution in [1.29, 1.82) is 0 Å². The molecule has 1 aliphatic heterocycles. The van der Waals surface area contributed by atoms with Crippen LogP contribution in [0, 0.1) is 0 Å². The molecule has 1 saturated heterocycles. The van der Waals surface area contributed by atoms with Crippen molar-refractivity contribution in [3.63, 3.8) is 0 Å². The van der Waals surface area contributed by atoms with Gasteiger partial charge in [0.2, 0.25) is 11.9 Å². The molecule has 1 aromatic carbocycles. The number of aromatic nitrogens is 5. The van der Waals surface area contributed by atoms with Crippen molar-refractivity contribution in [2.45, 2.75) is 50.2 Å². The zero-order chi connectivity index (χ0) is 32.5. The number of methoxy groups -OCH3 is 2. The molecule has 4 aromatic rings. The second-order valence-electron chi connectivity index (χ2n) is 11.6. The minimum absolute atomic E-state index is 0.186. The molecule has 4 heterocycles. The van der Waals surface area contributed by atoms with Gasteiger partial charge in [-0.3, -0.25) is 18.8 Å². The van der Waals surface area contributed by atoms with Gasteiger partial charge in [0.1, 0.15) is 17.1 Å². The lowest BCUT2D eigenvalue weighted by molar-refractivity contribution is -0.117. The highest BCUT2D eigenvalue weighted by Crippen LogP contribution is 2.45. The summed E-state index contributed by atoms with van der Waals surface area (Å²) in [6.07, 6.45) is 10.9. The van der Waals surface area contributed by atoms with Gasteiger partial charge in [-0.05, 0) is 25.0 Å². The highest BCUT2D eigenvalue weighted by atomic mass is 35.5. The minimum Gasteiger partial charge on any atom is -0.495 e. The van der Waals surface area contributed by atoms with Crippen LogP contribution in [0.5, 0.6) is 11.5 Å². The molecule has 1 saturated carbocycles. The zero-order valence-corrected chi connectivity index (χ0v) is 27.4. The van der Waals surface area contributed by atoms with E-state index in [1.807, 2.05) is 12.3 Å². The summed E-state index contributed by atoms with van der Waals surface area (Å²) >= 11 is 13.3. The lowest BCUT2D eigenvalue weighted by Crippen LogP contribution is -2.45. The quantitative estimate of drug-likeness (QED) is 0.237. The Kier molecular flexibility index (Phi) is 9.10. The van der Waals surface area contributed by atoms with E-state index in [4.69, 9.17) is 42.8 Å². The molecular weight excluding hydrogens is 631 g/mol. The molecule has 12 nitrogen and oxygen atoms in total. The Morgan fingerprint density at radius 1 is 1.07 bits per heavy atom. The molecule has 0 radical (unpaired) electrons. The van der Waals surface area contributed by atoms with Gasteiger partial charge in [-0.2, -0.15) is 10.1 Å². The number of aryl methyl sites for hydroxylation is 1. The maximum Gasteiger partial charge on any atom is 0.259 e. The molecule has 2 aliphatic rings. The van der Waals surface area contributed by atoms with E-state index in [1.165, 1.54) is 44.1 Å². The van der Waals surface area contributed by atoms with E-state index in [0.29, 0.717) is 53.2 Å². The lowest BCUT2D eigenvalue weighted by atomic mass is 9.96. The molecule has 2 atom stereocenters. The Labute approximate surface area is 276 Å². The van der Waals surface area contributed by atoms with E-state index in [9.17, 15) is 9.59 Å². The summed E-state index contributed by atoms with van der Waals surface area (Å²) < 4.78 is 14.3. The predicted molar refractivity (Wildman–Crippen MR) is 179 cm³/mol. The summed E-state index contributed by atoms with van der Waals surface area (Å²) in [5.41, 5.74) is 0.578. The summed E-state index contributed by atoms with van der Waals surface area (Å²) in [7, 11) is 4.57. The second kappa shape index (κ2) is 13.2. The van der Waals surface area contributed by atoms with Crippen molar-refractivity contribution in [1.82, 2.24) is 29.6 Å². The SMILES string of the molecule is C=CC(=O)N[C@H]1CN(c2ccn(C3CCCCC3)n2)C[C@H]1Nc1ncc2cc(-c3c(Cl)c(OC)cc(OC)c3Cl)c(=O)n(C)c2n1. The van der Waals surface area contributed by atoms with Crippen LogP contribution in [-0.2, 0) is 11.8 Å². The van der Waals surface area contributed by atoms with Crippen LogP contribution in [0.2, 0.25) is 10.0 Å². The average molecular weight is 668 g/mol. The summed E-state index contributed by atoms with van der Waals surface area (Å²) in [4.78, 5) is 37.4. The molecule has 2 fully saturated rings. The van der Waals surface area contributed by atoms with Crippen molar-refractivity contribution in [3.8, 4) is 22.6 Å². The minimum atomic E-state index is -0.368. The van der Waals surface area contributed by atoms with Crippen LogP contribution in [0.4, 0.5) is 11.8 Å². The highest BCUT2D eigenvalue weighted by Gasteiger charge is 2.35. The number of rotatable bonds is 9. The summed E-state index contributed by atoms with van der Waals surface area (Å²) in [5.74, 6) is 1.54. The number of nitrogens with zero attached hydrogens (tertiary/aromatic N) is 6. The van der Waals surface area contributed by atoms with Crippen LogP contribution in [0.3, 0.4) is 0 Å². The van der Waals surface area contributed by atoms with Gasteiger partial charge in [-0.15, -0.1) is 0 Å². The maximum atomic E-state index is 13.7. The van der Waals surface area contributed by atoms with Gasteiger partial charge in [0.05, 0.1) is 48.0 Å². The molecule has 2 N–H and O–H groups in total. The van der Waals surface area contributed by atoms with E-state index in [-0.39, 0.29) is 39.2 Å². The number of hydrogen-bond donors (Lipinski definition) is 2. The van der Waals surface area contributed by atoms with Gasteiger partial charge < -0.3 is 25.0 Å². The van der Waals surface area contributed by atoms with Gasteiger partial charge in [0.25, 0.3) is 5.56 Å². The van der Waals surface area contributed by atoms with Crippen LogP contribution in [-0.4, -0.2) is 69.6 Å². The number of amides is 1. The Bertz CT molecular complexity index is 1820. The van der Waals surface area contributed by atoms with Gasteiger partial charge >= 0.3 is 0 Å². The van der Waals surface area contributed by atoms with Gasteiger partial charge in [-0.25, -0.2) is 4.98 Å². The number of halogens is 2. The topological polar surface area (TPSA) is 128 Å². The van der Waals surface area contributed by atoms with Crippen LogP contribution in [0.1, 0.15) is 38.1 Å². The molecule has 6 rings (SSSR count). The van der Waals surface area contributed by atoms with E-state index >= 15 is 0 Å². The number of carbonyl (C=O) groups is 1. The van der Waals surface area contributed by atoms with Crippen LogP contribution >= 0.6 is 23.2 Å². The molecule has 1 aliphatic carbocycles. The number of nitrogens with one attached hydrogen (secondary N) is 2. The van der Waals surface area contributed by atoms with Crippen molar-refractivity contribution < 1.29 is 14.3 Å². The normalized spacial score (nSPS) is 18.5. The van der Waals surface area contributed by atoms with Crippen LogP contribution < -0.4 is 30.6 Å². The Morgan fingerprint density at radius 3 is 2.43 bits per heavy atom. The fraction of sp³-hybridized carbons (Fsp3) is 0.406. The van der Waals surface area contributed by atoms with E-state index < -0.39 is 0 Å². The molecular formula is C32H36Cl2N8O4. The fourth-order valence-corrected chi connectivity index (χ4v) is 7.06. The predicted octanol–water partition coefficient (Wildman–Crippen LogP) is 4.99. The second-order valence-corrected chi connectivity index (χ2v) is 12.4. The average Bonchev–Trinajstić information content (AvgIpc) is 3.72. The highest BCUT2D eigenvalue weighted by molar-refractivity contribution is 6.41. The molecule has 242 valence electrons. The van der Waals surface area contributed by atoms with E-state index in [1.54, 1.807) is 25.4 Å². The maximum absolute atomic E-state index is 13.7. The first-order valence-corrected chi connectivity index (χ1v) is 15.9. The monoisotopic (exact) mass is 666 g/mol. The first-order chi connectivity index (χ1) is 22.2. The summed E-state index contributed by atoms with van der Waals surface area (Å²) in [6, 6.07) is 5.15. The molecule has 46 heavy (non-hydrogen) atoms. The molecule has 0 unspecified atom stereocenters. The van der Waals surface area contributed by atoms with Gasteiger partial charge in [0.15, 0.2) is 5.82 Å². The van der Waals surface area contributed by atoms with Gasteiger partial charge in [-0.1, -0.05) is 49.0 Å². The van der Waals surface area contributed by atoms with Gasteiger partial charge in [0, 0.05) is 55.6 Å². The van der Waals surface area contributed by atoms with Crippen molar-refractivity contribution in [2.24, 2.45) is 7.05 Å². The number of fused-ring (bicyclic) bond motifs is 1. The summed E-state index contributed by atoms with van der Waals surface area (Å²) in [5, 5.41) is 12.3. The largest absolute Gasteiger partial charge is 0.495 e. The Balaban J connectivity index is 1.29. The third-order valence-electron chi connectivity index (χ3n) is 8.81. The number of anilines is 2. The lowest BCUT2D eigenvalue weighted by Gasteiger charge is -2.22. The number of hydrogen-bond acceptors (Lipinski definition) is 9. The van der Waals surface area contributed by atoms with Crippen molar-refractivity contribution in [2.75, 3.05) is 37.5 Å². The van der Waals surface area contributed by atoms with Crippen molar-refractivity contribution >= 4 is 51.9 Å². The van der Waals surface area contributed by atoms with Crippen molar-refractivity contribution in [3.05, 3.63) is 63.6 Å². The smallest absolute Gasteiger partial charge is 0.259 e. The number of benzene rings is 1. The third-order valence-corrected chi connectivity index (χ3v) is 9.56. The molecule has 0 spiro atoms.